The SMILES string of the molecule is CC1(C)CCC(C)(C)c2cc(N3c4cc5c(cc4B4c6ccc(-c7ccc8oc9ccccc9c8c7)cc6N(c6ccccc6)c6cc(-c7ccc8c(c7)c7ccccc7n8-c7ccccc7)cc3c64)C(C)(C)CCC5(C)C)ccc21. The van der Waals surface area contributed by atoms with E-state index in [1.165, 1.54) is 118 Å². The quantitative estimate of drug-likeness (QED) is 0.161. The highest BCUT2D eigenvalue weighted by Crippen LogP contribution is 2.54. The molecule has 0 amide bonds. The van der Waals surface area contributed by atoms with Gasteiger partial charge in [0.15, 0.2) is 0 Å². The predicted octanol–water partition coefficient (Wildman–Crippen LogP) is 18.8. The van der Waals surface area contributed by atoms with Crippen molar-refractivity contribution in [1.29, 1.82) is 0 Å². The fraction of sp³-hybridized carbons (Fsp3) is 0.211. The molecule has 0 N–H and O–H groups in total. The molecule has 5 heteroatoms. The van der Waals surface area contributed by atoms with Gasteiger partial charge in [0, 0.05) is 61.4 Å². The Labute approximate surface area is 476 Å². The van der Waals surface area contributed by atoms with Gasteiger partial charge < -0.3 is 18.8 Å². The van der Waals surface area contributed by atoms with E-state index in [1.807, 2.05) is 0 Å². The van der Waals surface area contributed by atoms with Gasteiger partial charge in [0.25, 0.3) is 6.71 Å². The Balaban J connectivity index is 1.01. The molecule has 12 aromatic rings. The van der Waals surface area contributed by atoms with Gasteiger partial charge in [-0.15, -0.1) is 0 Å². The second-order valence-corrected chi connectivity index (χ2v) is 26.6. The molecule has 4 nitrogen and oxygen atoms in total. The van der Waals surface area contributed by atoms with Crippen LogP contribution < -0.4 is 26.2 Å². The molecular weight excluding hydrogens is 982 g/mol. The Morgan fingerprint density at radius 2 is 0.840 bits per heavy atom. The number of para-hydroxylation sites is 4. The Morgan fingerprint density at radius 1 is 0.333 bits per heavy atom. The summed E-state index contributed by atoms with van der Waals surface area (Å²) in [5.41, 5.74) is 27.4. The van der Waals surface area contributed by atoms with Crippen molar-refractivity contribution in [3.63, 3.8) is 0 Å². The van der Waals surface area contributed by atoms with Crippen molar-refractivity contribution >= 4 is 101 Å². The largest absolute Gasteiger partial charge is 0.456 e. The first-order valence-corrected chi connectivity index (χ1v) is 29.4. The maximum absolute atomic E-state index is 6.38. The highest BCUT2D eigenvalue weighted by molar-refractivity contribution is 7.00. The highest BCUT2D eigenvalue weighted by Gasteiger charge is 2.47. The van der Waals surface area contributed by atoms with Crippen LogP contribution in [-0.4, -0.2) is 11.3 Å². The maximum Gasteiger partial charge on any atom is 0.252 e. The van der Waals surface area contributed by atoms with E-state index < -0.39 is 0 Å². The van der Waals surface area contributed by atoms with Crippen LogP contribution in [0.15, 0.2) is 211 Å². The maximum atomic E-state index is 6.38. The average molecular weight is 1050 g/mol. The highest BCUT2D eigenvalue weighted by atomic mass is 16.3. The number of aromatic nitrogens is 1. The molecule has 0 spiro atoms. The zero-order chi connectivity index (χ0) is 54.9. The third kappa shape index (κ3) is 7.16. The van der Waals surface area contributed by atoms with Gasteiger partial charge in [-0.3, -0.25) is 0 Å². The summed E-state index contributed by atoms with van der Waals surface area (Å²) in [4.78, 5) is 5.30. The average Bonchev–Trinajstić information content (AvgIpc) is 4.23. The molecule has 16 rings (SSSR count). The lowest BCUT2D eigenvalue weighted by atomic mass is 9.33. The summed E-state index contributed by atoms with van der Waals surface area (Å²) in [5.74, 6) is 0. The molecule has 10 aromatic carbocycles. The third-order valence-corrected chi connectivity index (χ3v) is 19.9. The Kier molecular flexibility index (Phi) is 10.2. The summed E-state index contributed by atoms with van der Waals surface area (Å²) in [7, 11) is 0. The monoisotopic (exact) mass is 1050 g/mol. The zero-order valence-corrected chi connectivity index (χ0v) is 47.8. The van der Waals surface area contributed by atoms with Gasteiger partial charge >= 0.3 is 0 Å². The Bertz CT molecular complexity index is 4610. The van der Waals surface area contributed by atoms with Crippen LogP contribution in [0.25, 0.3) is 71.7 Å². The molecule has 0 saturated carbocycles. The van der Waals surface area contributed by atoms with Crippen LogP contribution in [0.5, 0.6) is 0 Å². The van der Waals surface area contributed by atoms with Gasteiger partial charge in [0.2, 0.25) is 0 Å². The third-order valence-electron chi connectivity index (χ3n) is 19.9. The summed E-state index contributed by atoms with van der Waals surface area (Å²) >= 11 is 0. The zero-order valence-electron chi connectivity index (χ0n) is 47.8. The van der Waals surface area contributed by atoms with Crippen LogP contribution >= 0.6 is 0 Å². The van der Waals surface area contributed by atoms with Crippen molar-refractivity contribution in [2.75, 3.05) is 9.80 Å². The summed E-state index contributed by atoms with van der Waals surface area (Å²) < 4.78 is 8.81. The number of hydrogen-bond donors (Lipinski definition) is 0. The van der Waals surface area contributed by atoms with Crippen molar-refractivity contribution in [3.05, 3.63) is 229 Å². The van der Waals surface area contributed by atoms with Crippen LogP contribution in [0, 0.1) is 0 Å². The van der Waals surface area contributed by atoms with Crippen molar-refractivity contribution < 1.29 is 4.42 Å². The number of benzene rings is 10. The summed E-state index contributed by atoms with van der Waals surface area (Å²) in [6.07, 6.45) is 4.61. The smallest absolute Gasteiger partial charge is 0.252 e. The molecule has 0 radical (unpaired) electrons. The minimum absolute atomic E-state index is 0.0000557. The van der Waals surface area contributed by atoms with Gasteiger partial charge in [-0.05, 0) is 205 Å². The lowest BCUT2D eigenvalue weighted by Crippen LogP contribution is -2.61. The number of rotatable bonds is 5. The molecule has 0 bridgehead atoms. The van der Waals surface area contributed by atoms with Crippen molar-refractivity contribution in [1.82, 2.24) is 4.57 Å². The van der Waals surface area contributed by atoms with Crippen LogP contribution in [0.4, 0.5) is 34.1 Å². The topological polar surface area (TPSA) is 24.6 Å². The van der Waals surface area contributed by atoms with E-state index in [0.29, 0.717) is 0 Å². The minimum Gasteiger partial charge on any atom is -0.456 e. The van der Waals surface area contributed by atoms with E-state index in [2.05, 4.69) is 276 Å². The first kappa shape index (κ1) is 48.4. The normalized spacial score (nSPS) is 17.0. The molecular formula is C76H66BN3O. The molecule has 2 aliphatic carbocycles. The first-order valence-electron chi connectivity index (χ1n) is 29.4. The summed E-state index contributed by atoms with van der Waals surface area (Å²) in [6, 6.07) is 78.5. The van der Waals surface area contributed by atoms with Crippen LogP contribution in [-0.2, 0) is 21.7 Å². The molecule has 0 saturated heterocycles. The van der Waals surface area contributed by atoms with Gasteiger partial charge in [-0.1, -0.05) is 165 Å². The fourth-order valence-electron chi connectivity index (χ4n) is 15.2. The summed E-state index contributed by atoms with van der Waals surface area (Å²) in [6.45, 7) is 19.7. The van der Waals surface area contributed by atoms with E-state index in [4.69, 9.17) is 4.42 Å². The second kappa shape index (κ2) is 17.0. The van der Waals surface area contributed by atoms with Gasteiger partial charge in [-0.2, -0.15) is 0 Å². The molecule has 4 heterocycles. The van der Waals surface area contributed by atoms with E-state index in [-0.39, 0.29) is 28.4 Å². The molecule has 394 valence electrons. The molecule has 0 atom stereocenters. The van der Waals surface area contributed by atoms with E-state index >= 15 is 0 Å². The van der Waals surface area contributed by atoms with Gasteiger partial charge in [0.05, 0.1) is 11.0 Å². The number of nitrogens with zero attached hydrogens (tertiary/aromatic N) is 3. The number of hydrogen-bond acceptors (Lipinski definition) is 3. The molecule has 2 aromatic heterocycles. The number of anilines is 6. The van der Waals surface area contributed by atoms with Crippen molar-refractivity contribution in [2.24, 2.45) is 0 Å². The van der Waals surface area contributed by atoms with Crippen LogP contribution in [0.1, 0.15) is 103 Å². The standard InChI is InChI=1S/C76H66BN3O/c1-73(2)35-36-74(3,4)59-44-53(30-31-58(59)73)80-67-46-61-60(75(5,6)37-38-76(61,7)8)45-63(67)77-62-32-27-49(47-29-34-71-57(40-47)55-24-16-18-26-70(55)81-71)41-66(62)79(52-21-13-10-14-22-52)68-42-50(43-69(80)72(68)77)48-28-33-65-56(39-48)54-23-15-17-25-64(54)78(65)51-19-11-9-12-20-51/h9-34,39-46H,35-38H2,1-8H3. The second-order valence-electron chi connectivity index (χ2n) is 26.6. The molecule has 4 aliphatic rings. The van der Waals surface area contributed by atoms with E-state index in [9.17, 15) is 0 Å². The van der Waals surface area contributed by atoms with Crippen LogP contribution in [0.3, 0.4) is 0 Å². The lowest BCUT2D eigenvalue weighted by Gasteiger charge is -2.48. The molecule has 2 aliphatic heterocycles. The molecule has 0 fully saturated rings. The minimum atomic E-state index is -0.0509. The summed E-state index contributed by atoms with van der Waals surface area (Å²) in [5, 5.41) is 4.76. The number of furan rings is 1. The van der Waals surface area contributed by atoms with Crippen LogP contribution in [0.2, 0.25) is 0 Å². The molecule has 0 unspecified atom stereocenters. The predicted molar refractivity (Wildman–Crippen MR) is 344 cm³/mol. The van der Waals surface area contributed by atoms with Gasteiger partial charge in [0.1, 0.15) is 11.2 Å². The Hall–Kier alpha value is -8.54. The lowest BCUT2D eigenvalue weighted by molar-refractivity contribution is 0.332. The van der Waals surface area contributed by atoms with Crippen molar-refractivity contribution in [3.8, 4) is 27.9 Å². The van der Waals surface area contributed by atoms with E-state index in [1.54, 1.807) is 0 Å². The molecule has 81 heavy (non-hydrogen) atoms. The van der Waals surface area contributed by atoms with E-state index in [0.717, 1.165) is 52.6 Å². The van der Waals surface area contributed by atoms with Gasteiger partial charge in [-0.25, -0.2) is 0 Å². The number of fused-ring (bicyclic) bond motifs is 12. The Morgan fingerprint density at radius 3 is 1.57 bits per heavy atom. The van der Waals surface area contributed by atoms with Crippen molar-refractivity contribution in [2.45, 2.75) is 103 Å². The first-order chi connectivity index (χ1) is 39.1. The fourth-order valence-corrected chi connectivity index (χ4v) is 15.2.